The molecule has 0 atom stereocenters. The van der Waals surface area contributed by atoms with Crippen LogP contribution in [0.2, 0.25) is 0 Å². The number of thiophene rings is 1. The van der Waals surface area contributed by atoms with E-state index < -0.39 is 0 Å². The van der Waals surface area contributed by atoms with Gasteiger partial charge in [-0.25, -0.2) is 9.97 Å². The van der Waals surface area contributed by atoms with Crippen LogP contribution in [0, 0.1) is 6.92 Å². The minimum atomic E-state index is 0.470. The molecule has 16 heavy (non-hydrogen) atoms. The summed E-state index contributed by atoms with van der Waals surface area (Å²) in [6, 6.07) is 2.11. The summed E-state index contributed by atoms with van der Waals surface area (Å²) in [5.74, 6) is 1.62. The number of hydrogen-bond acceptors (Lipinski definition) is 5. The molecule has 1 N–H and O–H groups in total. The number of fused-ring (bicyclic) bond motifs is 1. The number of ether oxygens (including phenoxy) is 1. The number of nitrogens with one attached hydrogen (secondary N) is 1. The molecule has 0 saturated carbocycles. The van der Waals surface area contributed by atoms with Gasteiger partial charge in [-0.1, -0.05) is 0 Å². The molecule has 4 nitrogen and oxygen atoms in total. The lowest BCUT2D eigenvalue weighted by molar-refractivity contribution is 0.128. The summed E-state index contributed by atoms with van der Waals surface area (Å²) >= 11 is 1.68. The van der Waals surface area contributed by atoms with E-state index >= 15 is 0 Å². The molecule has 0 fully saturated rings. The van der Waals surface area contributed by atoms with Crippen LogP contribution < -0.4 is 5.32 Å². The van der Waals surface area contributed by atoms with Crippen molar-refractivity contribution in [2.75, 3.05) is 19.0 Å². The number of nitrogens with zero attached hydrogens (tertiary/aromatic N) is 2. The topological polar surface area (TPSA) is 47.0 Å². The number of aryl methyl sites for hydroxylation is 1. The zero-order valence-corrected chi connectivity index (χ0v) is 10.5. The summed E-state index contributed by atoms with van der Waals surface area (Å²) in [5.41, 5.74) is 0. The molecule has 0 aliphatic carbocycles. The first-order chi connectivity index (χ1) is 7.74. The van der Waals surface area contributed by atoms with Crippen LogP contribution in [-0.4, -0.2) is 23.6 Å². The molecule has 0 bridgehead atoms. The van der Waals surface area contributed by atoms with Gasteiger partial charge < -0.3 is 10.1 Å². The molecule has 86 valence electrons. The molecule has 0 amide bonds. The van der Waals surface area contributed by atoms with Gasteiger partial charge in [0.25, 0.3) is 0 Å². The maximum Gasteiger partial charge on any atom is 0.158 e. The summed E-state index contributed by atoms with van der Waals surface area (Å²) in [6.07, 6.45) is 0. The predicted molar refractivity (Wildman–Crippen MR) is 67.0 cm³/mol. The highest BCUT2D eigenvalue weighted by Crippen LogP contribution is 2.28. The summed E-state index contributed by atoms with van der Waals surface area (Å²) in [5, 5.41) is 4.19. The molecule has 0 saturated heterocycles. The van der Waals surface area contributed by atoms with Crippen molar-refractivity contribution < 1.29 is 4.74 Å². The second-order valence-electron chi connectivity index (χ2n) is 3.45. The first-order valence-corrected chi connectivity index (χ1v) is 6.08. The second kappa shape index (κ2) is 4.76. The lowest BCUT2D eigenvalue weighted by atomic mass is 10.3. The van der Waals surface area contributed by atoms with Crippen LogP contribution in [0.15, 0.2) is 6.07 Å². The van der Waals surface area contributed by atoms with Crippen molar-refractivity contribution in [1.29, 1.82) is 0 Å². The Morgan fingerprint density at radius 3 is 2.94 bits per heavy atom. The Morgan fingerprint density at radius 2 is 2.25 bits per heavy atom. The Balaban J connectivity index is 2.45. The number of anilines is 1. The van der Waals surface area contributed by atoms with Crippen molar-refractivity contribution in [3.05, 3.63) is 16.8 Å². The molecule has 0 aliphatic rings. The van der Waals surface area contributed by atoms with E-state index in [1.165, 1.54) is 4.88 Å². The minimum Gasteiger partial charge on any atom is -0.374 e. The van der Waals surface area contributed by atoms with Gasteiger partial charge in [-0.2, -0.15) is 0 Å². The first-order valence-electron chi connectivity index (χ1n) is 5.27. The zero-order chi connectivity index (χ0) is 11.5. The minimum absolute atomic E-state index is 0.470. The van der Waals surface area contributed by atoms with Crippen molar-refractivity contribution in [3.8, 4) is 0 Å². The quantitative estimate of drug-likeness (QED) is 0.887. The lowest BCUT2D eigenvalue weighted by Gasteiger charge is -2.04. The van der Waals surface area contributed by atoms with Crippen molar-refractivity contribution in [1.82, 2.24) is 9.97 Å². The molecule has 2 aromatic rings. The average Bonchev–Trinajstić information content (AvgIpc) is 2.65. The highest BCUT2D eigenvalue weighted by atomic mass is 32.1. The molecular formula is C11H15N3OS. The molecule has 5 heteroatoms. The van der Waals surface area contributed by atoms with Crippen molar-refractivity contribution in [2.24, 2.45) is 0 Å². The summed E-state index contributed by atoms with van der Waals surface area (Å²) in [7, 11) is 1.87. The Bertz CT molecular complexity index is 495. The van der Waals surface area contributed by atoms with E-state index in [1.54, 1.807) is 11.3 Å². The van der Waals surface area contributed by atoms with Crippen LogP contribution >= 0.6 is 11.3 Å². The Labute approximate surface area is 98.7 Å². The van der Waals surface area contributed by atoms with E-state index in [0.29, 0.717) is 13.2 Å². The molecule has 2 aromatic heterocycles. The molecular weight excluding hydrogens is 222 g/mol. The van der Waals surface area contributed by atoms with Gasteiger partial charge in [-0.05, 0) is 19.9 Å². The van der Waals surface area contributed by atoms with Crippen LogP contribution in [0.1, 0.15) is 17.6 Å². The molecule has 0 aromatic carbocycles. The summed E-state index contributed by atoms with van der Waals surface area (Å²) in [4.78, 5) is 11.2. The molecule has 0 aliphatic heterocycles. The third kappa shape index (κ3) is 2.15. The molecule has 0 unspecified atom stereocenters. The van der Waals surface area contributed by atoms with E-state index in [0.717, 1.165) is 21.9 Å². The van der Waals surface area contributed by atoms with Gasteiger partial charge in [-0.3, -0.25) is 0 Å². The third-order valence-corrected chi connectivity index (χ3v) is 3.18. The first kappa shape index (κ1) is 11.3. The van der Waals surface area contributed by atoms with Crippen molar-refractivity contribution in [3.63, 3.8) is 0 Å². The lowest BCUT2D eigenvalue weighted by Crippen LogP contribution is -2.02. The van der Waals surface area contributed by atoms with Crippen LogP contribution in [0.25, 0.3) is 10.2 Å². The van der Waals surface area contributed by atoms with Crippen LogP contribution in [0.4, 0.5) is 5.82 Å². The van der Waals surface area contributed by atoms with E-state index in [1.807, 2.05) is 14.0 Å². The van der Waals surface area contributed by atoms with Crippen molar-refractivity contribution >= 4 is 27.4 Å². The van der Waals surface area contributed by atoms with E-state index in [4.69, 9.17) is 4.74 Å². The Hall–Kier alpha value is -1.20. The SMILES string of the molecule is CCOCc1nc(NC)c2cc(C)sc2n1. The number of rotatable bonds is 4. The predicted octanol–water partition coefficient (Wildman–Crippen LogP) is 2.58. The fourth-order valence-corrected chi connectivity index (χ4v) is 2.43. The molecule has 0 spiro atoms. The molecule has 2 rings (SSSR count). The highest BCUT2D eigenvalue weighted by Gasteiger charge is 2.09. The fraction of sp³-hybridized carbons (Fsp3) is 0.455. The molecule has 0 radical (unpaired) electrons. The second-order valence-corrected chi connectivity index (χ2v) is 4.69. The Kier molecular flexibility index (Phi) is 3.36. The highest BCUT2D eigenvalue weighted by molar-refractivity contribution is 7.18. The van der Waals surface area contributed by atoms with Gasteiger partial charge >= 0.3 is 0 Å². The number of hydrogen-bond donors (Lipinski definition) is 1. The van der Waals surface area contributed by atoms with Crippen LogP contribution in [0.5, 0.6) is 0 Å². The average molecular weight is 237 g/mol. The summed E-state index contributed by atoms with van der Waals surface area (Å²) in [6.45, 7) is 5.19. The Morgan fingerprint density at radius 1 is 1.44 bits per heavy atom. The van der Waals surface area contributed by atoms with Crippen molar-refractivity contribution in [2.45, 2.75) is 20.5 Å². The van der Waals surface area contributed by atoms with Gasteiger partial charge in [0.2, 0.25) is 0 Å². The standard InChI is InChI=1S/C11H15N3OS/c1-4-15-6-9-13-10(12-3)8-5-7(2)16-11(8)14-9/h5H,4,6H2,1-3H3,(H,12,13,14). The zero-order valence-electron chi connectivity index (χ0n) is 9.70. The molecule has 2 heterocycles. The fourth-order valence-electron chi connectivity index (χ4n) is 1.53. The summed E-state index contributed by atoms with van der Waals surface area (Å²) < 4.78 is 5.33. The van der Waals surface area contributed by atoms with E-state index in [2.05, 4.69) is 28.3 Å². The number of aromatic nitrogens is 2. The van der Waals surface area contributed by atoms with Gasteiger partial charge in [0.15, 0.2) is 5.82 Å². The van der Waals surface area contributed by atoms with Gasteiger partial charge in [-0.15, -0.1) is 11.3 Å². The van der Waals surface area contributed by atoms with E-state index in [9.17, 15) is 0 Å². The van der Waals surface area contributed by atoms with E-state index in [-0.39, 0.29) is 0 Å². The smallest absolute Gasteiger partial charge is 0.158 e. The van der Waals surface area contributed by atoms with Crippen LogP contribution in [-0.2, 0) is 11.3 Å². The maximum absolute atomic E-state index is 5.33. The van der Waals surface area contributed by atoms with Gasteiger partial charge in [0, 0.05) is 18.5 Å². The largest absolute Gasteiger partial charge is 0.374 e. The third-order valence-electron chi connectivity index (χ3n) is 2.23. The van der Waals surface area contributed by atoms with Gasteiger partial charge in [0.1, 0.15) is 17.3 Å². The van der Waals surface area contributed by atoms with Gasteiger partial charge in [0.05, 0.1) is 5.39 Å². The maximum atomic E-state index is 5.33. The monoisotopic (exact) mass is 237 g/mol. The normalized spacial score (nSPS) is 10.9. The van der Waals surface area contributed by atoms with Crippen LogP contribution in [0.3, 0.4) is 0 Å².